The Hall–Kier alpha value is -1.59. The van der Waals surface area contributed by atoms with Crippen LogP contribution in [0.25, 0.3) is 0 Å². The standard InChI is InChI=1S/C9H11NO4/c10-8(4-11)7-3-5(12)1-2-6(7)9(13)14/h1-3,8,11-12H,4,10H2,(H,13,14)/t8-/m0/s1. The fourth-order valence-corrected chi connectivity index (χ4v) is 1.15. The lowest BCUT2D eigenvalue weighted by atomic mass is 10.0. The van der Waals surface area contributed by atoms with Gasteiger partial charge in [0.25, 0.3) is 0 Å². The molecule has 1 aromatic rings. The molecule has 0 saturated carbocycles. The number of benzene rings is 1. The van der Waals surface area contributed by atoms with Gasteiger partial charge in [0.15, 0.2) is 0 Å². The minimum atomic E-state index is -1.14. The lowest BCUT2D eigenvalue weighted by Gasteiger charge is -2.11. The van der Waals surface area contributed by atoms with Crippen LogP contribution in [0.4, 0.5) is 0 Å². The summed E-state index contributed by atoms with van der Waals surface area (Å²) in [6.07, 6.45) is 0. The molecule has 0 aliphatic heterocycles. The van der Waals surface area contributed by atoms with Gasteiger partial charge in [-0.2, -0.15) is 0 Å². The Balaban J connectivity index is 3.22. The number of phenolic OH excluding ortho intramolecular Hbond substituents is 1. The summed E-state index contributed by atoms with van der Waals surface area (Å²) in [5.74, 6) is -1.21. The van der Waals surface area contributed by atoms with Gasteiger partial charge in [-0.1, -0.05) is 0 Å². The van der Waals surface area contributed by atoms with Crippen LogP contribution in [-0.4, -0.2) is 27.9 Å². The van der Waals surface area contributed by atoms with E-state index in [1.807, 2.05) is 0 Å². The number of carboxylic acid groups (broad SMARTS) is 1. The number of hydrogen-bond acceptors (Lipinski definition) is 4. The van der Waals surface area contributed by atoms with Gasteiger partial charge in [0.1, 0.15) is 5.75 Å². The molecule has 0 radical (unpaired) electrons. The molecule has 0 unspecified atom stereocenters. The van der Waals surface area contributed by atoms with E-state index < -0.39 is 12.0 Å². The van der Waals surface area contributed by atoms with E-state index in [4.69, 9.17) is 21.1 Å². The predicted molar refractivity (Wildman–Crippen MR) is 49.1 cm³/mol. The number of nitrogens with two attached hydrogens (primary N) is 1. The van der Waals surface area contributed by atoms with Crippen LogP contribution in [0.5, 0.6) is 5.75 Å². The van der Waals surface area contributed by atoms with E-state index >= 15 is 0 Å². The van der Waals surface area contributed by atoms with Gasteiger partial charge in [0.05, 0.1) is 18.2 Å². The largest absolute Gasteiger partial charge is 0.508 e. The topological polar surface area (TPSA) is 104 Å². The fraction of sp³-hybridized carbons (Fsp3) is 0.222. The molecule has 0 amide bonds. The minimum absolute atomic E-state index is 0.00986. The highest BCUT2D eigenvalue weighted by Gasteiger charge is 2.15. The number of carbonyl (C=O) groups is 1. The molecular formula is C9H11NO4. The van der Waals surface area contributed by atoms with Crippen molar-refractivity contribution in [3.8, 4) is 5.75 Å². The quantitative estimate of drug-likeness (QED) is 0.549. The molecule has 5 N–H and O–H groups in total. The van der Waals surface area contributed by atoms with Crippen LogP contribution in [0.15, 0.2) is 18.2 Å². The number of phenols is 1. The van der Waals surface area contributed by atoms with E-state index in [1.54, 1.807) is 0 Å². The maximum absolute atomic E-state index is 10.7. The van der Waals surface area contributed by atoms with Crippen LogP contribution in [0.1, 0.15) is 22.0 Å². The molecular weight excluding hydrogens is 186 g/mol. The lowest BCUT2D eigenvalue weighted by molar-refractivity contribution is 0.0694. The van der Waals surface area contributed by atoms with Crippen LogP contribution in [0.2, 0.25) is 0 Å². The zero-order valence-electron chi connectivity index (χ0n) is 7.34. The molecule has 1 aromatic carbocycles. The summed E-state index contributed by atoms with van der Waals surface area (Å²) in [7, 11) is 0. The SMILES string of the molecule is N[C@@H](CO)c1cc(O)ccc1C(=O)O. The molecule has 5 heteroatoms. The number of aromatic hydroxyl groups is 1. The molecule has 0 aliphatic carbocycles. The summed E-state index contributed by atoms with van der Waals surface area (Å²) in [6.45, 7) is -0.371. The summed E-state index contributed by atoms with van der Waals surface area (Å²) in [5, 5.41) is 26.7. The van der Waals surface area contributed by atoms with Crippen molar-refractivity contribution < 1.29 is 20.1 Å². The Morgan fingerprint density at radius 2 is 2.14 bits per heavy atom. The summed E-state index contributed by atoms with van der Waals surface area (Å²) in [6, 6.07) is 2.96. The van der Waals surface area contributed by atoms with Gasteiger partial charge in [0.2, 0.25) is 0 Å². The molecule has 1 rings (SSSR count). The average molecular weight is 197 g/mol. The molecule has 76 valence electrons. The second-order valence-electron chi connectivity index (χ2n) is 2.87. The van der Waals surface area contributed by atoms with Gasteiger partial charge in [-0.25, -0.2) is 4.79 Å². The number of aromatic carboxylic acids is 1. The smallest absolute Gasteiger partial charge is 0.336 e. The molecule has 5 nitrogen and oxygen atoms in total. The second-order valence-corrected chi connectivity index (χ2v) is 2.87. The Labute approximate surface area is 80.4 Å². The second kappa shape index (κ2) is 4.08. The first-order valence-corrected chi connectivity index (χ1v) is 3.99. The van der Waals surface area contributed by atoms with Crippen molar-refractivity contribution in [3.63, 3.8) is 0 Å². The van der Waals surface area contributed by atoms with Crippen molar-refractivity contribution in [2.24, 2.45) is 5.73 Å². The lowest BCUT2D eigenvalue weighted by Crippen LogP contribution is -2.18. The van der Waals surface area contributed by atoms with Crippen molar-refractivity contribution in [1.82, 2.24) is 0 Å². The number of aliphatic hydroxyl groups excluding tert-OH is 1. The van der Waals surface area contributed by atoms with Crippen molar-refractivity contribution in [2.75, 3.05) is 6.61 Å². The molecule has 0 fully saturated rings. The van der Waals surface area contributed by atoms with Crippen LogP contribution in [0, 0.1) is 0 Å². The summed E-state index contributed by atoms with van der Waals surface area (Å²) in [5.41, 5.74) is 5.69. The number of rotatable bonds is 3. The highest BCUT2D eigenvalue weighted by Crippen LogP contribution is 2.21. The summed E-state index contributed by atoms with van der Waals surface area (Å²) in [4.78, 5) is 10.7. The first kappa shape index (κ1) is 10.5. The number of hydrogen-bond donors (Lipinski definition) is 4. The molecule has 0 saturated heterocycles. The Bertz CT molecular complexity index is 351. The molecule has 0 aromatic heterocycles. The van der Waals surface area contributed by atoms with Gasteiger partial charge in [-0.3, -0.25) is 0 Å². The number of aliphatic hydroxyl groups is 1. The van der Waals surface area contributed by atoms with Crippen LogP contribution >= 0.6 is 0 Å². The van der Waals surface area contributed by atoms with Gasteiger partial charge < -0.3 is 21.1 Å². The number of carboxylic acids is 1. The molecule has 0 spiro atoms. The van der Waals surface area contributed by atoms with Crippen LogP contribution < -0.4 is 5.73 Å². The molecule has 14 heavy (non-hydrogen) atoms. The Morgan fingerprint density at radius 1 is 1.50 bits per heavy atom. The van der Waals surface area contributed by atoms with Crippen molar-refractivity contribution in [1.29, 1.82) is 0 Å². The summed E-state index contributed by atoms with van der Waals surface area (Å²) < 4.78 is 0. The van der Waals surface area contributed by atoms with E-state index in [1.165, 1.54) is 18.2 Å². The van der Waals surface area contributed by atoms with E-state index in [9.17, 15) is 4.79 Å². The zero-order valence-corrected chi connectivity index (χ0v) is 7.34. The van der Waals surface area contributed by atoms with Crippen molar-refractivity contribution in [2.45, 2.75) is 6.04 Å². The molecule has 0 aliphatic rings. The Kier molecular flexibility index (Phi) is 3.06. The predicted octanol–water partition coefficient (Wildman–Crippen LogP) is 0.0825. The first-order chi connectivity index (χ1) is 6.56. The van der Waals surface area contributed by atoms with Gasteiger partial charge in [-0.05, 0) is 23.8 Å². The third-order valence-electron chi connectivity index (χ3n) is 1.86. The van der Waals surface area contributed by atoms with Gasteiger partial charge in [-0.15, -0.1) is 0 Å². The fourth-order valence-electron chi connectivity index (χ4n) is 1.15. The average Bonchev–Trinajstić information content (AvgIpc) is 2.16. The van der Waals surface area contributed by atoms with E-state index in [0.29, 0.717) is 0 Å². The van der Waals surface area contributed by atoms with Crippen molar-refractivity contribution >= 4 is 5.97 Å². The van der Waals surface area contributed by atoms with Crippen LogP contribution in [0.3, 0.4) is 0 Å². The highest BCUT2D eigenvalue weighted by molar-refractivity contribution is 5.89. The maximum atomic E-state index is 10.7. The van der Waals surface area contributed by atoms with Crippen LogP contribution in [-0.2, 0) is 0 Å². The third-order valence-corrected chi connectivity index (χ3v) is 1.86. The first-order valence-electron chi connectivity index (χ1n) is 3.99. The molecule has 0 heterocycles. The zero-order chi connectivity index (χ0) is 10.7. The molecule has 0 bridgehead atoms. The van der Waals surface area contributed by atoms with Crippen molar-refractivity contribution in [3.05, 3.63) is 29.3 Å². The van der Waals surface area contributed by atoms with Gasteiger partial charge in [0, 0.05) is 0 Å². The highest BCUT2D eigenvalue weighted by atomic mass is 16.4. The third kappa shape index (κ3) is 2.01. The minimum Gasteiger partial charge on any atom is -0.508 e. The van der Waals surface area contributed by atoms with E-state index in [2.05, 4.69) is 0 Å². The normalized spacial score (nSPS) is 12.4. The monoisotopic (exact) mass is 197 g/mol. The maximum Gasteiger partial charge on any atom is 0.336 e. The van der Waals surface area contributed by atoms with Gasteiger partial charge >= 0.3 is 5.97 Å². The Morgan fingerprint density at radius 3 is 2.64 bits per heavy atom. The van der Waals surface area contributed by atoms with E-state index in [0.717, 1.165) is 0 Å². The molecule has 1 atom stereocenters. The van der Waals surface area contributed by atoms with E-state index in [-0.39, 0.29) is 23.5 Å². The summed E-state index contributed by atoms with van der Waals surface area (Å²) >= 11 is 0.